The Morgan fingerprint density at radius 2 is 2.18 bits per heavy atom. The summed E-state index contributed by atoms with van der Waals surface area (Å²) in [7, 11) is 1.16. The third-order valence-corrected chi connectivity index (χ3v) is 1.69. The molecule has 0 aliphatic heterocycles. The number of hydrogen-bond acceptors (Lipinski definition) is 5. The quantitative estimate of drug-likeness (QED) is 0.882. The second-order valence-electron chi connectivity index (χ2n) is 2.84. The summed E-state index contributed by atoms with van der Waals surface area (Å²) in [6, 6.07) is 2.43. The molecule has 0 atom stereocenters. The lowest BCUT2D eigenvalue weighted by Crippen LogP contribution is -2.18. The van der Waals surface area contributed by atoms with E-state index in [0.717, 1.165) is 13.2 Å². The summed E-state index contributed by atoms with van der Waals surface area (Å²) < 4.78 is 44.1. The van der Waals surface area contributed by atoms with E-state index >= 15 is 0 Å². The van der Waals surface area contributed by atoms with Gasteiger partial charge in [0, 0.05) is 6.07 Å². The largest absolute Gasteiger partial charge is 0.574 e. The second kappa shape index (κ2) is 4.78. The van der Waals surface area contributed by atoms with Crippen molar-refractivity contribution in [2.45, 2.75) is 12.8 Å². The van der Waals surface area contributed by atoms with Gasteiger partial charge in [-0.3, -0.25) is 0 Å². The lowest BCUT2D eigenvalue weighted by atomic mass is 10.2. The fraction of sp³-hybridized carbons (Fsp3) is 0.333. The summed E-state index contributed by atoms with van der Waals surface area (Å²) >= 11 is 0. The molecular weight excluding hydrogens is 241 g/mol. The minimum Gasteiger partial charge on any atom is -0.503 e. The zero-order valence-corrected chi connectivity index (χ0v) is 8.58. The Kier molecular flexibility index (Phi) is 3.62. The van der Waals surface area contributed by atoms with Crippen LogP contribution in [0.15, 0.2) is 6.07 Å². The molecular formula is C9H7F3N2O3. The Hall–Kier alpha value is -2.17. The highest BCUT2D eigenvalue weighted by Gasteiger charge is 2.32. The average molecular weight is 248 g/mol. The van der Waals surface area contributed by atoms with Crippen LogP contribution in [0.3, 0.4) is 0 Å². The van der Waals surface area contributed by atoms with E-state index in [2.05, 4.69) is 14.5 Å². The fourth-order valence-electron chi connectivity index (χ4n) is 1.07. The molecule has 0 unspecified atom stereocenters. The van der Waals surface area contributed by atoms with Gasteiger partial charge in [0.15, 0.2) is 11.5 Å². The lowest BCUT2D eigenvalue weighted by Gasteiger charge is -2.11. The van der Waals surface area contributed by atoms with Crippen molar-refractivity contribution in [3.8, 4) is 23.4 Å². The lowest BCUT2D eigenvalue weighted by molar-refractivity contribution is -0.276. The highest BCUT2D eigenvalue weighted by molar-refractivity contribution is 5.46. The van der Waals surface area contributed by atoms with Crippen molar-refractivity contribution in [2.24, 2.45) is 0 Å². The van der Waals surface area contributed by atoms with Crippen LogP contribution in [0.4, 0.5) is 13.2 Å². The highest BCUT2D eigenvalue weighted by atomic mass is 19.4. The van der Waals surface area contributed by atoms with Gasteiger partial charge >= 0.3 is 6.36 Å². The number of halogens is 3. The third kappa shape index (κ3) is 3.41. The van der Waals surface area contributed by atoms with Crippen LogP contribution < -0.4 is 9.47 Å². The minimum atomic E-state index is -4.90. The summed E-state index contributed by atoms with van der Waals surface area (Å²) in [4.78, 5) is 3.36. The average Bonchev–Trinajstić information content (AvgIpc) is 2.20. The van der Waals surface area contributed by atoms with E-state index in [4.69, 9.17) is 5.26 Å². The van der Waals surface area contributed by atoms with Crippen molar-refractivity contribution < 1.29 is 27.8 Å². The zero-order chi connectivity index (χ0) is 13.1. The Bertz CT molecular complexity index is 454. The number of alkyl halides is 3. The molecule has 8 heteroatoms. The molecule has 0 aliphatic carbocycles. The monoisotopic (exact) mass is 248 g/mol. The van der Waals surface area contributed by atoms with E-state index in [0.29, 0.717) is 0 Å². The third-order valence-electron chi connectivity index (χ3n) is 1.69. The normalized spacial score (nSPS) is 10.8. The number of nitriles is 1. The van der Waals surface area contributed by atoms with Gasteiger partial charge in [0.25, 0.3) is 0 Å². The maximum Gasteiger partial charge on any atom is 0.574 e. The topological polar surface area (TPSA) is 75.4 Å². The van der Waals surface area contributed by atoms with Gasteiger partial charge in [0.05, 0.1) is 19.6 Å². The number of aromatic hydroxyl groups is 1. The van der Waals surface area contributed by atoms with E-state index in [9.17, 15) is 18.3 Å². The molecule has 0 amide bonds. The number of hydrogen-bond donors (Lipinski definition) is 1. The summed E-state index contributed by atoms with van der Waals surface area (Å²) in [5.41, 5.74) is -0.244. The SMILES string of the molecule is COc1cc(OC(F)(F)F)nc(CC#N)c1O. The maximum absolute atomic E-state index is 12.0. The molecule has 0 aromatic carbocycles. The smallest absolute Gasteiger partial charge is 0.503 e. The molecule has 1 N–H and O–H groups in total. The molecule has 92 valence electrons. The van der Waals surface area contributed by atoms with Crippen molar-refractivity contribution in [3.63, 3.8) is 0 Å². The summed E-state index contributed by atoms with van der Waals surface area (Å²) in [5.74, 6) is -1.52. The number of rotatable bonds is 3. The van der Waals surface area contributed by atoms with Crippen molar-refractivity contribution in [1.82, 2.24) is 4.98 Å². The number of nitrogens with zero attached hydrogens (tertiary/aromatic N) is 2. The summed E-state index contributed by atoms with van der Waals surface area (Å²) in [6.07, 6.45) is -5.27. The number of methoxy groups -OCH3 is 1. The van der Waals surface area contributed by atoms with E-state index in [1.807, 2.05) is 0 Å². The molecule has 1 heterocycles. The number of aromatic nitrogens is 1. The Morgan fingerprint density at radius 3 is 2.65 bits per heavy atom. The van der Waals surface area contributed by atoms with Crippen LogP contribution in [-0.2, 0) is 6.42 Å². The van der Waals surface area contributed by atoms with Crippen molar-refractivity contribution in [2.75, 3.05) is 7.11 Å². The minimum absolute atomic E-state index is 0.244. The van der Waals surface area contributed by atoms with Gasteiger partial charge in [0.2, 0.25) is 5.88 Å². The van der Waals surface area contributed by atoms with Crippen LogP contribution in [0.2, 0.25) is 0 Å². The van der Waals surface area contributed by atoms with E-state index in [1.54, 1.807) is 6.07 Å². The van der Waals surface area contributed by atoms with Gasteiger partial charge in [-0.25, -0.2) is 4.98 Å². The van der Waals surface area contributed by atoms with Gasteiger partial charge in [-0.05, 0) is 0 Å². The molecule has 0 saturated carbocycles. The van der Waals surface area contributed by atoms with Crippen LogP contribution in [-0.4, -0.2) is 23.6 Å². The predicted molar refractivity (Wildman–Crippen MR) is 48.5 cm³/mol. The van der Waals surface area contributed by atoms with Gasteiger partial charge < -0.3 is 14.6 Å². The molecule has 0 spiro atoms. The van der Waals surface area contributed by atoms with Gasteiger partial charge in [-0.2, -0.15) is 5.26 Å². The fourth-order valence-corrected chi connectivity index (χ4v) is 1.07. The van der Waals surface area contributed by atoms with Crippen LogP contribution >= 0.6 is 0 Å². The summed E-state index contributed by atoms with van der Waals surface area (Å²) in [5, 5.41) is 17.9. The molecule has 1 rings (SSSR count). The van der Waals surface area contributed by atoms with E-state index in [-0.39, 0.29) is 17.9 Å². The van der Waals surface area contributed by atoms with Crippen LogP contribution in [0, 0.1) is 11.3 Å². The maximum atomic E-state index is 12.0. The van der Waals surface area contributed by atoms with Crippen molar-refractivity contribution in [3.05, 3.63) is 11.8 Å². The molecule has 0 fully saturated rings. The molecule has 0 saturated heterocycles. The number of pyridine rings is 1. The van der Waals surface area contributed by atoms with E-state index in [1.165, 1.54) is 0 Å². The first-order valence-electron chi connectivity index (χ1n) is 4.27. The van der Waals surface area contributed by atoms with Crippen LogP contribution in [0.25, 0.3) is 0 Å². The van der Waals surface area contributed by atoms with Crippen molar-refractivity contribution >= 4 is 0 Å². The molecule has 5 nitrogen and oxygen atoms in total. The van der Waals surface area contributed by atoms with Crippen LogP contribution in [0.5, 0.6) is 17.4 Å². The molecule has 17 heavy (non-hydrogen) atoms. The van der Waals surface area contributed by atoms with Gasteiger partial charge in [-0.1, -0.05) is 0 Å². The van der Waals surface area contributed by atoms with Gasteiger partial charge in [-0.15, -0.1) is 13.2 Å². The number of ether oxygens (including phenoxy) is 2. The molecule has 0 bridgehead atoms. The first kappa shape index (κ1) is 12.9. The standard InChI is InChI=1S/C9H7F3N2O3/c1-16-6-4-7(17-9(10,11)12)14-5(2-3-13)8(6)15/h4,15H,2H2,1H3. The zero-order valence-electron chi connectivity index (χ0n) is 8.58. The van der Waals surface area contributed by atoms with E-state index < -0.39 is 18.0 Å². The Morgan fingerprint density at radius 1 is 1.53 bits per heavy atom. The first-order valence-corrected chi connectivity index (χ1v) is 4.27. The van der Waals surface area contributed by atoms with Gasteiger partial charge in [0.1, 0.15) is 5.69 Å². The first-order chi connectivity index (χ1) is 7.87. The molecule has 0 aliphatic rings. The highest BCUT2D eigenvalue weighted by Crippen LogP contribution is 2.34. The molecule has 0 radical (unpaired) electrons. The Labute approximate surface area is 94.0 Å². The summed E-state index contributed by atoms with van der Waals surface area (Å²) in [6.45, 7) is 0. The Balaban J connectivity index is 3.16. The van der Waals surface area contributed by atoms with Crippen LogP contribution in [0.1, 0.15) is 5.69 Å². The van der Waals surface area contributed by atoms with Crippen molar-refractivity contribution in [1.29, 1.82) is 5.26 Å². The second-order valence-corrected chi connectivity index (χ2v) is 2.84. The predicted octanol–water partition coefficient (Wildman–Crippen LogP) is 1.76. The molecule has 1 aromatic heterocycles. The molecule has 1 aromatic rings.